The number of carbonyl (C=O) groups excluding carboxylic acids is 2. The Labute approximate surface area is 115 Å². The lowest BCUT2D eigenvalue weighted by molar-refractivity contribution is -0.137. The number of urea groups is 1. The van der Waals surface area contributed by atoms with Crippen LogP contribution in [0, 0.1) is 6.92 Å². The van der Waals surface area contributed by atoms with Gasteiger partial charge < -0.3 is 25.5 Å². The third-order valence-electron chi connectivity index (χ3n) is 2.38. The molecule has 4 N–H and O–H groups in total. The molecule has 0 aromatic carbocycles. The summed E-state index contributed by atoms with van der Waals surface area (Å²) >= 11 is 0. The minimum Gasteiger partial charge on any atom is -0.480 e. The Bertz CT molecular complexity index is 497. The van der Waals surface area contributed by atoms with Gasteiger partial charge in [0.25, 0.3) is 0 Å². The van der Waals surface area contributed by atoms with Crippen molar-refractivity contribution < 1.29 is 23.9 Å². The third-order valence-corrected chi connectivity index (χ3v) is 2.38. The van der Waals surface area contributed by atoms with Crippen molar-refractivity contribution in [2.24, 2.45) is 0 Å². The van der Waals surface area contributed by atoms with Gasteiger partial charge in [0.2, 0.25) is 5.91 Å². The van der Waals surface area contributed by atoms with Crippen molar-refractivity contribution in [3.8, 4) is 0 Å². The van der Waals surface area contributed by atoms with Crippen molar-refractivity contribution in [3.63, 3.8) is 0 Å². The van der Waals surface area contributed by atoms with Crippen LogP contribution >= 0.6 is 0 Å². The van der Waals surface area contributed by atoms with Crippen molar-refractivity contribution in [2.75, 3.05) is 13.1 Å². The summed E-state index contributed by atoms with van der Waals surface area (Å²) in [6, 6.07) is 2.65. The molecule has 110 valence electrons. The molecule has 3 amide bonds. The van der Waals surface area contributed by atoms with E-state index in [1.165, 1.54) is 0 Å². The predicted octanol–water partition coefficient (Wildman–Crippen LogP) is 0.149. The van der Waals surface area contributed by atoms with Crippen molar-refractivity contribution in [2.45, 2.75) is 19.9 Å². The molecule has 0 bridgehead atoms. The van der Waals surface area contributed by atoms with Crippen LogP contribution in [0.15, 0.2) is 16.5 Å². The fourth-order valence-electron chi connectivity index (χ4n) is 1.40. The van der Waals surface area contributed by atoms with E-state index in [0.29, 0.717) is 5.76 Å². The fraction of sp³-hybridized carbons (Fsp3) is 0.417. The van der Waals surface area contributed by atoms with Gasteiger partial charge in [0, 0.05) is 0 Å². The monoisotopic (exact) mass is 283 g/mol. The summed E-state index contributed by atoms with van der Waals surface area (Å²) < 4.78 is 5.35. The lowest BCUT2D eigenvalue weighted by Crippen LogP contribution is -2.43. The molecule has 0 saturated heterocycles. The second-order valence-corrected chi connectivity index (χ2v) is 4.17. The molecule has 0 fully saturated rings. The average Bonchev–Trinajstić information content (AvgIpc) is 2.80. The van der Waals surface area contributed by atoms with E-state index in [-0.39, 0.29) is 12.6 Å². The number of aliphatic carboxylic acids is 1. The van der Waals surface area contributed by atoms with Gasteiger partial charge in [0.05, 0.1) is 12.6 Å². The van der Waals surface area contributed by atoms with Crippen molar-refractivity contribution in [1.29, 1.82) is 0 Å². The molecule has 0 radical (unpaired) electrons. The van der Waals surface area contributed by atoms with Crippen LogP contribution in [0.25, 0.3) is 0 Å². The molecule has 0 aliphatic carbocycles. The van der Waals surface area contributed by atoms with Crippen LogP contribution in [0.4, 0.5) is 4.79 Å². The Kier molecular flexibility index (Phi) is 5.57. The topological polar surface area (TPSA) is 121 Å². The van der Waals surface area contributed by atoms with E-state index < -0.39 is 24.5 Å². The minimum absolute atomic E-state index is 0.303. The number of carbonyl (C=O) groups is 3. The lowest BCUT2D eigenvalue weighted by atomic mass is 10.2. The highest BCUT2D eigenvalue weighted by molar-refractivity contribution is 5.86. The maximum Gasteiger partial charge on any atom is 0.322 e. The number of hydrogen-bond donors (Lipinski definition) is 4. The molecule has 1 heterocycles. The molecule has 1 unspecified atom stereocenters. The van der Waals surface area contributed by atoms with E-state index in [4.69, 9.17) is 9.52 Å². The number of nitrogens with one attached hydrogen (secondary N) is 3. The Balaban J connectivity index is 2.29. The van der Waals surface area contributed by atoms with Crippen LogP contribution in [-0.2, 0) is 9.59 Å². The summed E-state index contributed by atoms with van der Waals surface area (Å²) in [5.41, 5.74) is 0. The van der Waals surface area contributed by atoms with Gasteiger partial charge in [-0.3, -0.25) is 9.59 Å². The van der Waals surface area contributed by atoms with E-state index in [2.05, 4.69) is 16.0 Å². The Morgan fingerprint density at radius 1 is 1.25 bits per heavy atom. The summed E-state index contributed by atoms with van der Waals surface area (Å²) in [7, 11) is 0. The smallest absolute Gasteiger partial charge is 0.322 e. The lowest BCUT2D eigenvalue weighted by Gasteiger charge is -2.12. The highest BCUT2D eigenvalue weighted by Crippen LogP contribution is 2.14. The van der Waals surface area contributed by atoms with Gasteiger partial charge in [-0.1, -0.05) is 0 Å². The highest BCUT2D eigenvalue weighted by Gasteiger charge is 2.13. The van der Waals surface area contributed by atoms with Gasteiger partial charge in [0.1, 0.15) is 18.1 Å². The quantitative estimate of drug-likeness (QED) is 0.592. The number of furan rings is 1. The molecule has 0 aliphatic heterocycles. The Morgan fingerprint density at radius 2 is 1.95 bits per heavy atom. The zero-order valence-corrected chi connectivity index (χ0v) is 11.2. The van der Waals surface area contributed by atoms with Gasteiger partial charge in [-0.25, -0.2) is 4.79 Å². The summed E-state index contributed by atoms with van der Waals surface area (Å²) in [6.07, 6.45) is 0. The molecule has 0 saturated carbocycles. The molecule has 1 aromatic heterocycles. The summed E-state index contributed by atoms with van der Waals surface area (Å²) in [6.45, 7) is 2.75. The second-order valence-electron chi connectivity index (χ2n) is 4.17. The van der Waals surface area contributed by atoms with Gasteiger partial charge in [-0.05, 0) is 26.0 Å². The number of amides is 3. The Morgan fingerprint density at radius 3 is 2.50 bits per heavy atom. The van der Waals surface area contributed by atoms with Crippen molar-refractivity contribution >= 4 is 17.9 Å². The van der Waals surface area contributed by atoms with E-state index in [9.17, 15) is 14.4 Å². The first-order valence-electron chi connectivity index (χ1n) is 5.97. The molecular weight excluding hydrogens is 266 g/mol. The molecule has 0 spiro atoms. The van der Waals surface area contributed by atoms with Gasteiger partial charge >= 0.3 is 12.0 Å². The molecule has 20 heavy (non-hydrogen) atoms. The fourth-order valence-corrected chi connectivity index (χ4v) is 1.40. The van der Waals surface area contributed by atoms with Gasteiger partial charge in [0.15, 0.2) is 0 Å². The SMILES string of the molecule is Cc1ccc(C(C)NC(=O)NCC(=O)NCC(=O)O)o1. The van der Waals surface area contributed by atoms with E-state index in [1.54, 1.807) is 26.0 Å². The largest absolute Gasteiger partial charge is 0.480 e. The van der Waals surface area contributed by atoms with Gasteiger partial charge in [-0.2, -0.15) is 0 Å². The molecule has 8 heteroatoms. The standard InChI is InChI=1S/C12H17N3O5/c1-7-3-4-9(20-7)8(2)15-12(19)14-5-10(16)13-6-11(17)18/h3-4,8H,5-6H2,1-2H3,(H,13,16)(H,17,18)(H2,14,15,19). The number of rotatable bonds is 6. The molecule has 0 aliphatic rings. The van der Waals surface area contributed by atoms with E-state index in [1.807, 2.05) is 0 Å². The predicted molar refractivity (Wildman–Crippen MR) is 69.0 cm³/mol. The molecule has 1 rings (SSSR count). The second kappa shape index (κ2) is 7.17. The summed E-state index contributed by atoms with van der Waals surface area (Å²) in [5, 5.41) is 15.4. The minimum atomic E-state index is -1.15. The van der Waals surface area contributed by atoms with Crippen LogP contribution in [0.3, 0.4) is 0 Å². The third kappa shape index (κ3) is 5.42. The first kappa shape index (κ1) is 15.5. The highest BCUT2D eigenvalue weighted by atomic mass is 16.4. The molecular formula is C12H17N3O5. The molecule has 8 nitrogen and oxygen atoms in total. The number of carboxylic acids is 1. The summed E-state index contributed by atoms with van der Waals surface area (Å²) in [5.74, 6) is -0.385. The van der Waals surface area contributed by atoms with E-state index in [0.717, 1.165) is 5.76 Å². The van der Waals surface area contributed by atoms with Crippen LogP contribution in [-0.4, -0.2) is 36.1 Å². The Hall–Kier alpha value is -2.51. The van der Waals surface area contributed by atoms with Crippen LogP contribution in [0.2, 0.25) is 0 Å². The van der Waals surface area contributed by atoms with Crippen LogP contribution < -0.4 is 16.0 Å². The molecule has 1 aromatic rings. The van der Waals surface area contributed by atoms with Crippen LogP contribution in [0.5, 0.6) is 0 Å². The average molecular weight is 283 g/mol. The zero-order valence-electron chi connectivity index (χ0n) is 11.2. The first-order chi connectivity index (χ1) is 9.38. The number of aryl methyl sites for hydroxylation is 1. The number of carboxylic acid groups (broad SMARTS) is 1. The molecule has 1 atom stereocenters. The summed E-state index contributed by atoms with van der Waals surface area (Å²) in [4.78, 5) is 32.9. The van der Waals surface area contributed by atoms with Crippen LogP contribution in [0.1, 0.15) is 24.5 Å². The number of hydrogen-bond acceptors (Lipinski definition) is 4. The zero-order chi connectivity index (χ0) is 15.1. The first-order valence-corrected chi connectivity index (χ1v) is 5.97. The normalized spacial score (nSPS) is 11.5. The maximum atomic E-state index is 11.5. The maximum absolute atomic E-state index is 11.5. The van der Waals surface area contributed by atoms with Crippen molar-refractivity contribution in [3.05, 3.63) is 23.7 Å². The van der Waals surface area contributed by atoms with E-state index >= 15 is 0 Å². The van der Waals surface area contributed by atoms with Crippen molar-refractivity contribution in [1.82, 2.24) is 16.0 Å². The van der Waals surface area contributed by atoms with Gasteiger partial charge in [-0.15, -0.1) is 0 Å².